The van der Waals surface area contributed by atoms with Gasteiger partial charge in [-0.1, -0.05) is 6.07 Å². The molecule has 0 radical (unpaired) electrons. The number of nitrogens with two attached hydrogens (primary N) is 1. The van der Waals surface area contributed by atoms with E-state index in [-0.39, 0.29) is 29.3 Å². The summed E-state index contributed by atoms with van der Waals surface area (Å²) in [5, 5.41) is 0. The first-order valence-electron chi connectivity index (χ1n) is 7.19. The zero-order chi connectivity index (χ0) is 18.7. The van der Waals surface area contributed by atoms with Crippen molar-refractivity contribution in [1.29, 1.82) is 0 Å². The van der Waals surface area contributed by atoms with Gasteiger partial charge >= 0.3 is 6.18 Å². The van der Waals surface area contributed by atoms with Crippen LogP contribution in [0.1, 0.15) is 17.0 Å². The van der Waals surface area contributed by atoms with Crippen molar-refractivity contribution in [2.75, 3.05) is 0 Å². The van der Waals surface area contributed by atoms with E-state index in [1.165, 1.54) is 12.1 Å². The Bertz CT molecular complexity index is 993. The predicted molar refractivity (Wildman–Crippen MR) is 92.6 cm³/mol. The number of allylic oxidation sites excluding steroid dienone is 1. The van der Waals surface area contributed by atoms with E-state index < -0.39 is 11.9 Å². The van der Waals surface area contributed by atoms with Gasteiger partial charge in [-0.05, 0) is 24.3 Å². The van der Waals surface area contributed by atoms with Gasteiger partial charge in [-0.15, -0.1) is 3.89 Å². The Morgan fingerprint density at radius 2 is 2.04 bits per heavy atom. The van der Waals surface area contributed by atoms with Gasteiger partial charge in [-0.25, -0.2) is 9.97 Å². The zero-order valence-corrected chi connectivity index (χ0v) is 13.8. The quantitative estimate of drug-likeness (QED) is 0.418. The summed E-state index contributed by atoms with van der Waals surface area (Å²) in [4.78, 5) is 7.67. The molecule has 0 saturated carbocycles. The van der Waals surface area contributed by atoms with Crippen LogP contribution >= 0.6 is 12.3 Å². The van der Waals surface area contributed by atoms with Crippen LogP contribution in [0.4, 0.5) is 17.1 Å². The van der Waals surface area contributed by atoms with Crippen LogP contribution in [-0.4, -0.2) is 20.6 Å². The van der Waals surface area contributed by atoms with Crippen molar-refractivity contribution in [3.8, 4) is 0 Å². The summed E-state index contributed by atoms with van der Waals surface area (Å²) >= 11 is -0.290. The molecule has 0 amide bonds. The molecule has 0 aliphatic rings. The molecule has 2 N–H and O–H groups in total. The maximum absolute atomic E-state index is 12.9. The van der Waals surface area contributed by atoms with E-state index in [1.54, 1.807) is 35.1 Å². The summed E-state index contributed by atoms with van der Waals surface area (Å²) in [6, 6.07) is 6.75. The lowest BCUT2D eigenvalue weighted by Crippen LogP contribution is -2.11. The van der Waals surface area contributed by atoms with Crippen LogP contribution in [0.5, 0.6) is 0 Å². The van der Waals surface area contributed by atoms with Crippen LogP contribution in [0.15, 0.2) is 53.3 Å². The normalized spacial score (nSPS) is 13.4. The summed E-state index contributed by atoms with van der Waals surface area (Å²) in [5.41, 5.74) is 6.25. The topological polar surface area (TPSA) is 68.6 Å². The Morgan fingerprint density at radius 1 is 1.23 bits per heavy atom. The van der Waals surface area contributed by atoms with Gasteiger partial charge in [-0.3, -0.25) is 0 Å². The fraction of sp³-hybridized carbons (Fsp3) is 0.0625. The summed E-state index contributed by atoms with van der Waals surface area (Å²) in [6.07, 6.45) is 1.48. The minimum Gasteiger partial charge on any atom is -0.396 e. The molecular formula is C16H11F4N5S. The van der Waals surface area contributed by atoms with Gasteiger partial charge in [-0.2, -0.15) is 17.6 Å². The first-order valence-corrected chi connectivity index (χ1v) is 7.86. The third-order valence-corrected chi connectivity index (χ3v) is 3.71. The molecule has 0 saturated heterocycles. The Morgan fingerprint density at radius 3 is 2.77 bits per heavy atom. The third kappa shape index (κ3) is 3.69. The second-order valence-electron chi connectivity index (χ2n) is 5.15. The molecule has 0 unspecified atom stereocenters. The van der Waals surface area contributed by atoms with E-state index in [2.05, 4.69) is 14.4 Å². The van der Waals surface area contributed by atoms with E-state index in [4.69, 9.17) is 5.73 Å². The number of aromatic nitrogens is 3. The van der Waals surface area contributed by atoms with Gasteiger partial charge in [0.1, 0.15) is 11.3 Å². The van der Waals surface area contributed by atoms with Gasteiger partial charge in [0.05, 0.1) is 11.4 Å². The van der Waals surface area contributed by atoms with Crippen molar-refractivity contribution in [3.63, 3.8) is 0 Å². The highest BCUT2D eigenvalue weighted by atomic mass is 32.2. The number of hydrogen-bond acceptors (Lipinski definition) is 5. The highest BCUT2D eigenvalue weighted by Crippen LogP contribution is 2.29. The first kappa shape index (κ1) is 17.9. The number of halogens is 4. The molecule has 3 aromatic rings. The second-order valence-corrected chi connectivity index (χ2v) is 5.50. The Kier molecular flexibility index (Phi) is 4.94. The summed E-state index contributed by atoms with van der Waals surface area (Å²) in [7, 11) is 0. The van der Waals surface area contributed by atoms with Crippen molar-refractivity contribution in [2.24, 2.45) is 10.1 Å². The monoisotopic (exact) mass is 381 g/mol. The molecule has 5 nitrogen and oxygen atoms in total. The summed E-state index contributed by atoms with van der Waals surface area (Å²) in [5.74, 6) is 0. The lowest BCUT2D eigenvalue weighted by atomic mass is 10.0. The van der Waals surface area contributed by atoms with Crippen molar-refractivity contribution in [3.05, 3.63) is 65.9 Å². The molecule has 0 aliphatic heterocycles. The van der Waals surface area contributed by atoms with Crippen molar-refractivity contribution in [2.45, 2.75) is 6.18 Å². The number of hydrogen-bond donors (Lipinski definition) is 1. The number of fused-ring (bicyclic) bond motifs is 1. The summed E-state index contributed by atoms with van der Waals surface area (Å²) in [6.45, 7) is 0. The van der Waals surface area contributed by atoms with Crippen LogP contribution in [-0.2, 0) is 6.18 Å². The molecule has 10 heteroatoms. The van der Waals surface area contributed by atoms with Crippen LogP contribution in [0.2, 0.25) is 0 Å². The highest BCUT2D eigenvalue weighted by Gasteiger charge is 2.32. The van der Waals surface area contributed by atoms with E-state index >= 15 is 0 Å². The number of imidazole rings is 1. The lowest BCUT2D eigenvalue weighted by molar-refractivity contribution is -0.141. The Labute approximate surface area is 149 Å². The molecule has 3 aromatic heterocycles. The van der Waals surface area contributed by atoms with Gasteiger partial charge in [0.2, 0.25) is 0 Å². The molecule has 26 heavy (non-hydrogen) atoms. The van der Waals surface area contributed by atoms with Crippen LogP contribution in [0.3, 0.4) is 0 Å². The number of alkyl halides is 3. The fourth-order valence-corrected chi connectivity index (χ4v) is 2.48. The average molecular weight is 381 g/mol. The van der Waals surface area contributed by atoms with Crippen LogP contribution in [0.25, 0.3) is 16.9 Å². The number of nitrogens with zero attached hydrogens (tertiary/aromatic N) is 4. The molecule has 134 valence electrons. The molecule has 0 fully saturated rings. The zero-order valence-electron chi connectivity index (χ0n) is 13.0. The standard InChI is InChI=1S/C16H11F4N5S/c17-16(18,19)13-3-1-2-12(24-13)15(21)11(8-23-26-20)10-4-5-14-22-6-7-25(14)9-10/h1-9H,21H2. The van der Waals surface area contributed by atoms with E-state index in [1.807, 2.05) is 0 Å². The molecule has 0 aromatic carbocycles. The first-order chi connectivity index (χ1) is 12.4. The maximum Gasteiger partial charge on any atom is 0.433 e. The molecular weight excluding hydrogens is 370 g/mol. The van der Waals surface area contributed by atoms with Gasteiger partial charge in [0.15, 0.2) is 12.3 Å². The van der Waals surface area contributed by atoms with E-state index in [9.17, 15) is 17.1 Å². The van der Waals surface area contributed by atoms with Crippen LogP contribution < -0.4 is 5.73 Å². The average Bonchev–Trinajstić information content (AvgIpc) is 3.09. The smallest absolute Gasteiger partial charge is 0.396 e. The Balaban J connectivity index is 2.15. The maximum atomic E-state index is 12.9. The van der Waals surface area contributed by atoms with E-state index in [0.29, 0.717) is 11.2 Å². The van der Waals surface area contributed by atoms with Crippen molar-refractivity contribution in [1.82, 2.24) is 14.4 Å². The molecule has 3 rings (SSSR count). The van der Waals surface area contributed by atoms with E-state index in [0.717, 1.165) is 12.3 Å². The molecule has 0 atom stereocenters. The lowest BCUT2D eigenvalue weighted by Gasteiger charge is -2.11. The second kappa shape index (κ2) is 7.16. The minimum absolute atomic E-state index is 0.0617. The third-order valence-electron chi connectivity index (χ3n) is 3.53. The SMILES string of the molecule is NC(=C(C=NSF)c1ccc2nccn2c1)c1cccc(C(F)(F)F)n1. The fourth-order valence-electron chi connectivity index (χ4n) is 2.33. The van der Waals surface area contributed by atoms with Crippen LogP contribution in [0, 0.1) is 0 Å². The number of pyridine rings is 2. The molecule has 0 aliphatic carbocycles. The highest BCUT2D eigenvalue weighted by molar-refractivity contribution is 7.93. The minimum atomic E-state index is -4.60. The largest absolute Gasteiger partial charge is 0.433 e. The molecule has 3 heterocycles. The van der Waals surface area contributed by atoms with Gasteiger partial charge in [0, 0.05) is 35.9 Å². The molecule has 0 spiro atoms. The van der Waals surface area contributed by atoms with Crippen molar-refractivity contribution >= 4 is 35.5 Å². The molecule has 0 bridgehead atoms. The number of rotatable bonds is 4. The van der Waals surface area contributed by atoms with Crippen molar-refractivity contribution < 1.29 is 17.1 Å². The Hall–Kier alpha value is -2.88. The van der Waals surface area contributed by atoms with Gasteiger partial charge in [0.25, 0.3) is 0 Å². The van der Waals surface area contributed by atoms with Gasteiger partial charge < -0.3 is 10.1 Å². The predicted octanol–water partition coefficient (Wildman–Crippen LogP) is 4.18. The summed E-state index contributed by atoms with van der Waals surface area (Å²) < 4.78 is 56.2.